The van der Waals surface area contributed by atoms with Crippen LogP contribution in [0.5, 0.6) is 0 Å². The quantitative estimate of drug-likeness (QED) is 0.767. The number of nitrogens with zero attached hydrogens (tertiary/aromatic N) is 4. The molecule has 1 atom stereocenters. The van der Waals surface area contributed by atoms with Gasteiger partial charge in [0, 0.05) is 37.1 Å². The number of pyridine rings is 1. The van der Waals surface area contributed by atoms with Gasteiger partial charge in [0.2, 0.25) is 0 Å². The van der Waals surface area contributed by atoms with Gasteiger partial charge >= 0.3 is 0 Å². The largest absolute Gasteiger partial charge is 0.370 e. The van der Waals surface area contributed by atoms with Crippen molar-refractivity contribution in [3.8, 4) is 11.1 Å². The van der Waals surface area contributed by atoms with Crippen LogP contribution in [0.3, 0.4) is 0 Å². The molecule has 158 valence electrons. The molecule has 1 aliphatic carbocycles. The van der Waals surface area contributed by atoms with Crippen LogP contribution in [0.2, 0.25) is 0 Å². The smallest absolute Gasteiger partial charge is 0.125 e. The van der Waals surface area contributed by atoms with Crippen molar-refractivity contribution in [2.45, 2.75) is 53.4 Å². The molecule has 2 aromatic rings. The first kappa shape index (κ1) is 20.4. The van der Waals surface area contributed by atoms with Crippen LogP contribution in [-0.2, 0) is 7.05 Å². The summed E-state index contributed by atoms with van der Waals surface area (Å²) in [5.74, 6) is 1.80. The van der Waals surface area contributed by atoms with E-state index in [9.17, 15) is 0 Å². The highest BCUT2D eigenvalue weighted by atomic mass is 15.2. The van der Waals surface area contributed by atoms with Gasteiger partial charge < -0.3 is 10.2 Å². The Labute approximate surface area is 175 Å². The van der Waals surface area contributed by atoms with Gasteiger partial charge in [-0.2, -0.15) is 5.10 Å². The second-order valence-corrected chi connectivity index (χ2v) is 10.5. The molecule has 3 heterocycles. The molecule has 0 amide bonds. The molecular weight excluding hydrogens is 358 g/mol. The normalized spacial score (nSPS) is 21.5. The number of anilines is 1. The van der Waals surface area contributed by atoms with Crippen LogP contribution in [0.25, 0.3) is 11.1 Å². The van der Waals surface area contributed by atoms with Crippen LogP contribution in [0.1, 0.15) is 52.1 Å². The average Bonchev–Trinajstić information content (AvgIpc) is 3.23. The predicted octanol–water partition coefficient (Wildman–Crippen LogP) is 4.74. The number of nitrogens with one attached hydrogen (secondary N) is 1. The predicted molar refractivity (Wildman–Crippen MR) is 120 cm³/mol. The van der Waals surface area contributed by atoms with Gasteiger partial charge in [0.15, 0.2) is 0 Å². The molecule has 2 fully saturated rings. The van der Waals surface area contributed by atoms with Crippen LogP contribution in [-0.4, -0.2) is 45.8 Å². The summed E-state index contributed by atoms with van der Waals surface area (Å²) in [6, 6.07) is 4.25. The highest BCUT2D eigenvalue weighted by Gasteiger charge is 2.54. The van der Waals surface area contributed by atoms with Gasteiger partial charge in [-0.05, 0) is 81.1 Å². The summed E-state index contributed by atoms with van der Waals surface area (Å²) in [5.41, 5.74) is 4.39. The molecule has 1 unspecified atom stereocenters. The molecule has 2 aromatic heterocycles. The Hall–Kier alpha value is -1.88. The standard InChI is InChI=1S/C24H37N5/c1-18-21(17-28(5)27-18)19-6-7-22(25-15-19)26-16-20-14-24(20)9-12-29(13-10-24)11-8-23(2,3)4/h6-7,15,17,20H,8-14,16H2,1-5H3,(H,25,26). The summed E-state index contributed by atoms with van der Waals surface area (Å²) in [4.78, 5) is 7.32. The van der Waals surface area contributed by atoms with E-state index < -0.39 is 0 Å². The van der Waals surface area contributed by atoms with Crippen molar-refractivity contribution < 1.29 is 0 Å². The van der Waals surface area contributed by atoms with Crippen LogP contribution >= 0.6 is 0 Å². The number of aromatic nitrogens is 3. The maximum atomic E-state index is 4.64. The van der Waals surface area contributed by atoms with Gasteiger partial charge in [-0.3, -0.25) is 4.68 Å². The van der Waals surface area contributed by atoms with Gasteiger partial charge in [-0.25, -0.2) is 4.98 Å². The fourth-order valence-electron chi connectivity index (χ4n) is 4.82. The molecule has 5 heteroatoms. The van der Waals surface area contributed by atoms with Gasteiger partial charge in [-0.1, -0.05) is 20.8 Å². The first-order valence-electron chi connectivity index (χ1n) is 11.2. The van der Waals surface area contributed by atoms with Crippen LogP contribution in [0, 0.1) is 23.7 Å². The number of likely N-dealkylation sites (tertiary alicyclic amines) is 1. The number of rotatable bonds is 6. The SMILES string of the molecule is Cc1nn(C)cc1-c1ccc(NCC2CC23CCN(CCC(C)(C)C)CC3)nc1. The Bertz CT molecular complexity index is 822. The topological polar surface area (TPSA) is 46.0 Å². The first-order chi connectivity index (χ1) is 13.7. The third kappa shape index (κ3) is 4.82. The Morgan fingerprint density at radius 3 is 2.55 bits per heavy atom. The summed E-state index contributed by atoms with van der Waals surface area (Å²) in [6.45, 7) is 14.0. The number of hydrogen-bond donors (Lipinski definition) is 1. The Kier molecular flexibility index (Phi) is 5.45. The molecule has 1 saturated heterocycles. The summed E-state index contributed by atoms with van der Waals surface area (Å²) in [6.07, 6.45) is 9.45. The molecule has 2 aliphatic rings. The van der Waals surface area contributed by atoms with E-state index in [0.29, 0.717) is 10.8 Å². The number of aryl methyl sites for hydroxylation is 2. The number of hydrogen-bond acceptors (Lipinski definition) is 4. The molecule has 1 saturated carbocycles. The summed E-state index contributed by atoms with van der Waals surface area (Å²) >= 11 is 0. The Morgan fingerprint density at radius 1 is 1.21 bits per heavy atom. The fourth-order valence-corrected chi connectivity index (χ4v) is 4.82. The lowest BCUT2D eigenvalue weighted by atomic mass is 9.88. The summed E-state index contributed by atoms with van der Waals surface area (Å²) < 4.78 is 1.86. The maximum Gasteiger partial charge on any atom is 0.125 e. The van der Waals surface area contributed by atoms with Gasteiger partial charge in [0.05, 0.1) is 5.69 Å². The zero-order valence-electron chi connectivity index (χ0n) is 18.8. The second-order valence-electron chi connectivity index (χ2n) is 10.5. The van der Waals surface area contributed by atoms with Crippen LogP contribution in [0.4, 0.5) is 5.82 Å². The van der Waals surface area contributed by atoms with Gasteiger partial charge in [0.25, 0.3) is 0 Å². The highest BCUT2D eigenvalue weighted by Crippen LogP contribution is 2.59. The summed E-state index contributed by atoms with van der Waals surface area (Å²) in [5, 5.41) is 8.01. The minimum Gasteiger partial charge on any atom is -0.370 e. The number of piperidine rings is 1. The molecule has 0 aromatic carbocycles. The molecule has 29 heavy (non-hydrogen) atoms. The molecular formula is C24H37N5. The fraction of sp³-hybridized carbons (Fsp3) is 0.667. The zero-order valence-corrected chi connectivity index (χ0v) is 18.8. The van der Waals surface area contributed by atoms with Crippen molar-refractivity contribution in [1.29, 1.82) is 0 Å². The third-order valence-corrected chi connectivity index (χ3v) is 7.01. The monoisotopic (exact) mass is 395 g/mol. The average molecular weight is 396 g/mol. The first-order valence-corrected chi connectivity index (χ1v) is 11.2. The minimum atomic E-state index is 0.444. The second kappa shape index (κ2) is 7.75. The lowest BCUT2D eigenvalue weighted by molar-refractivity contribution is 0.147. The maximum absolute atomic E-state index is 4.64. The van der Waals surface area contributed by atoms with Gasteiger partial charge in [0.1, 0.15) is 5.82 Å². The lowest BCUT2D eigenvalue weighted by Crippen LogP contribution is -2.37. The highest BCUT2D eigenvalue weighted by molar-refractivity contribution is 5.65. The van der Waals surface area contributed by atoms with E-state index in [4.69, 9.17) is 0 Å². The Balaban J connectivity index is 1.24. The zero-order chi connectivity index (χ0) is 20.6. The van der Waals surface area contributed by atoms with E-state index >= 15 is 0 Å². The van der Waals surface area contributed by atoms with Gasteiger partial charge in [-0.15, -0.1) is 0 Å². The van der Waals surface area contributed by atoms with Crippen LogP contribution < -0.4 is 5.32 Å². The van der Waals surface area contributed by atoms with Crippen molar-refractivity contribution >= 4 is 5.82 Å². The molecule has 0 radical (unpaired) electrons. The van der Waals surface area contributed by atoms with E-state index in [-0.39, 0.29) is 0 Å². The van der Waals surface area contributed by atoms with E-state index in [1.54, 1.807) is 0 Å². The van der Waals surface area contributed by atoms with Crippen molar-refractivity contribution in [3.63, 3.8) is 0 Å². The van der Waals surface area contributed by atoms with Crippen molar-refractivity contribution in [2.75, 3.05) is 31.5 Å². The molecule has 1 aliphatic heterocycles. The summed E-state index contributed by atoms with van der Waals surface area (Å²) in [7, 11) is 1.96. The molecule has 5 nitrogen and oxygen atoms in total. The Morgan fingerprint density at radius 2 is 1.97 bits per heavy atom. The van der Waals surface area contributed by atoms with Crippen molar-refractivity contribution in [3.05, 3.63) is 30.2 Å². The molecule has 1 N–H and O–H groups in total. The van der Waals surface area contributed by atoms with Crippen LogP contribution in [0.15, 0.2) is 24.5 Å². The van der Waals surface area contributed by atoms with E-state index in [1.807, 2.05) is 24.9 Å². The van der Waals surface area contributed by atoms with E-state index in [2.05, 4.69) is 59.4 Å². The lowest BCUT2D eigenvalue weighted by Gasteiger charge is -2.34. The van der Waals surface area contributed by atoms with Crippen molar-refractivity contribution in [2.24, 2.45) is 23.8 Å². The third-order valence-electron chi connectivity index (χ3n) is 7.01. The molecule has 1 spiro atoms. The minimum absolute atomic E-state index is 0.444. The molecule has 4 rings (SSSR count). The van der Waals surface area contributed by atoms with E-state index in [1.165, 1.54) is 45.3 Å². The van der Waals surface area contributed by atoms with Crippen molar-refractivity contribution in [1.82, 2.24) is 19.7 Å². The molecule has 0 bridgehead atoms. The van der Waals surface area contributed by atoms with E-state index in [0.717, 1.165) is 35.1 Å².